The zero-order valence-corrected chi connectivity index (χ0v) is 13.4. The molecular weight excluding hydrogens is 338 g/mol. The molecule has 0 spiro atoms. The molecule has 0 atom stereocenters. The number of thiophene rings is 1. The topological polar surface area (TPSA) is 77.2 Å². The van der Waals surface area contributed by atoms with E-state index in [1.165, 1.54) is 0 Å². The monoisotopic (exact) mass is 349 g/mol. The molecular formula is C15H12ClN3O3S. The summed E-state index contributed by atoms with van der Waals surface area (Å²) in [5, 5.41) is 12.8. The zero-order valence-electron chi connectivity index (χ0n) is 11.9. The molecule has 8 heteroatoms. The van der Waals surface area contributed by atoms with Crippen molar-refractivity contribution in [3.05, 3.63) is 57.6 Å². The smallest absolute Gasteiger partial charge is 0.322 e. The van der Waals surface area contributed by atoms with Crippen LogP contribution in [0, 0.1) is 0 Å². The van der Waals surface area contributed by atoms with Gasteiger partial charge in [-0.1, -0.05) is 22.8 Å². The maximum atomic E-state index is 11.8. The van der Waals surface area contributed by atoms with Crippen LogP contribution in [-0.2, 0) is 11.2 Å². The van der Waals surface area contributed by atoms with E-state index >= 15 is 0 Å². The van der Waals surface area contributed by atoms with E-state index in [0.29, 0.717) is 23.1 Å². The Bertz CT molecular complexity index is 772. The number of rotatable bonds is 6. The molecule has 0 unspecified atom stereocenters. The number of carbonyl (C=O) groups excluding carboxylic acids is 1. The van der Waals surface area contributed by atoms with Gasteiger partial charge in [0, 0.05) is 9.90 Å². The number of anilines is 1. The Balaban J connectivity index is 1.49. The molecule has 1 N–H and O–H groups in total. The summed E-state index contributed by atoms with van der Waals surface area (Å²) < 4.78 is 10.7. The Kier molecular flexibility index (Phi) is 4.89. The van der Waals surface area contributed by atoms with E-state index in [4.69, 9.17) is 20.8 Å². The lowest BCUT2D eigenvalue weighted by atomic mass is 10.3. The van der Waals surface area contributed by atoms with Gasteiger partial charge in [0.2, 0.25) is 5.89 Å². The highest BCUT2D eigenvalue weighted by Gasteiger charge is 2.11. The van der Waals surface area contributed by atoms with Crippen LogP contribution in [0.15, 0.2) is 46.2 Å². The first kappa shape index (κ1) is 15.5. The van der Waals surface area contributed by atoms with E-state index in [9.17, 15) is 4.79 Å². The summed E-state index contributed by atoms with van der Waals surface area (Å²) in [6.45, 7) is -0.162. The van der Waals surface area contributed by atoms with Crippen molar-refractivity contribution in [2.24, 2.45) is 0 Å². The van der Waals surface area contributed by atoms with Crippen molar-refractivity contribution in [1.82, 2.24) is 10.2 Å². The molecule has 0 saturated carbocycles. The highest BCUT2D eigenvalue weighted by molar-refractivity contribution is 7.09. The summed E-state index contributed by atoms with van der Waals surface area (Å²) in [7, 11) is 0. The lowest BCUT2D eigenvalue weighted by molar-refractivity contribution is -0.118. The van der Waals surface area contributed by atoms with Crippen LogP contribution in [0.2, 0.25) is 5.02 Å². The van der Waals surface area contributed by atoms with Gasteiger partial charge in [0.25, 0.3) is 5.91 Å². The third-order valence-electron chi connectivity index (χ3n) is 2.80. The molecule has 0 bridgehead atoms. The highest BCUT2D eigenvalue weighted by atomic mass is 35.5. The van der Waals surface area contributed by atoms with Gasteiger partial charge in [-0.3, -0.25) is 10.1 Å². The van der Waals surface area contributed by atoms with Crippen molar-refractivity contribution in [3.63, 3.8) is 0 Å². The average molecular weight is 350 g/mol. The molecule has 6 nitrogen and oxygen atoms in total. The summed E-state index contributed by atoms with van der Waals surface area (Å²) in [4.78, 5) is 12.9. The Labute approximate surface area is 141 Å². The van der Waals surface area contributed by atoms with E-state index < -0.39 is 0 Å². The van der Waals surface area contributed by atoms with Gasteiger partial charge in [-0.2, -0.15) is 0 Å². The number of nitrogens with one attached hydrogen (secondary N) is 1. The SMILES string of the molecule is O=C(COc1ccc(Cl)cc1)Nc1nnc(Cc2cccs2)o1. The first-order valence-corrected chi connectivity index (χ1v) is 7.98. The van der Waals surface area contributed by atoms with Crippen LogP contribution in [-0.4, -0.2) is 22.7 Å². The minimum atomic E-state index is -0.383. The lowest BCUT2D eigenvalue weighted by Gasteiger charge is -2.04. The van der Waals surface area contributed by atoms with E-state index in [0.717, 1.165) is 4.88 Å². The molecule has 0 radical (unpaired) electrons. The van der Waals surface area contributed by atoms with E-state index in [1.54, 1.807) is 35.6 Å². The van der Waals surface area contributed by atoms with E-state index in [2.05, 4.69) is 15.5 Å². The van der Waals surface area contributed by atoms with Crippen molar-refractivity contribution in [1.29, 1.82) is 0 Å². The second kappa shape index (κ2) is 7.26. The lowest BCUT2D eigenvalue weighted by Crippen LogP contribution is -2.20. The number of ether oxygens (including phenoxy) is 1. The maximum absolute atomic E-state index is 11.8. The molecule has 23 heavy (non-hydrogen) atoms. The Hall–Kier alpha value is -2.38. The van der Waals surface area contributed by atoms with Crippen molar-refractivity contribution in [2.45, 2.75) is 6.42 Å². The van der Waals surface area contributed by atoms with Crippen LogP contribution in [0.3, 0.4) is 0 Å². The summed E-state index contributed by atoms with van der Waals surface area (Å²) in [5.74, 6) is 0.612. The van der Waals surface area contributed by atoms with Crippen molar-refractivity contribution >= 4 is 34.9 Å². The third-order valence-corrected chi connectivity index (χ3v) is 3.93. The van der Waals surface area contributed by atoms with Crippen LogP contribution in [0.4, 0.5) is 6.01 Å². The predicted molar refractivity (Wildman–Crippen MR) is 87.0 cm³/mol. The number of aromatic nitrogens is 2. The quantitative estimate of drug-likeness (QED) is 0.738. The molecule has 1 amide bonds. The molecule has 2 heterocycles. The normalized spacial score (nSPS) is 10.5. The van der Waals surface area contributed by atoms with Gasteiger partial charge in [-0.15, -0.1) is 16.4 Å². The molecule has 0 fully saturated rings. The number of benzene rings is 1. The van der Waals surface area contributed by atoms with Gasteiger partial charge in [0.1, 0.15) is 5.75 Å². The van der Waals surface area contributed by atoms with Crippen LogP contribution < -0.4 is 10.1 Å². The van der Waals surface area contributed by atoms with Crippen LogP contribution in [0.5, 0.6) is 5.75 Å². The molecule has 118 valence electrons. The molecule has 0 aliphatic heterocycles. The fraction of sp³-hybridized carbons (Fsp3) is 0.133. The van der Waals surface area contributed by atoms with Crippen molar-refractivity contribution < 1.29 is 13.9 Å². The van der Waals surface area contributed by atoms with E-state index in [-0.39, 0.29) is 18.5 Å². The van der Waals surface area contributed by atoms with Gasteiger partial charge in [-0.05, 0) is 35.7 Å². The van der Waals surface area contributed by atoms with Gasteiger partial charge < -0.3 is 9.15 Å². The molecule has 3 aromatic rings. The summed E-state index contributed by atoms with van der Waals surface area (Å²) in [5.41, 5.74) is 0. The second-order valence-electron chi connectivity index (χ2n) is 4.55. The van der Waals surface area contributed by atoms with Crippen LogP contribution >= 0.6 is 22.9 Å². The fourth-order valence-electron chi connectivity index (χ4n) is 1.77. The summed E-state index contributed by atoms with van der Waals surface area (Å²) in [6, 6.07) is 10.7. The predicted octanol–water partition coefficient (Wildman–Crippen LogP) is 3.39. The first-order valence-electron chi connectivity index (χ1n) is 6.72. The number of carbonyl (C=O) groups is 1. The minimum Gasteiger partial charge on any atom is -0.484 e. The van der Waals surface area contributed by atoms with Crippen molar-refractivity contribution in [3.8, 4) is 5.75 Å². The van der Waals surface area contributed by atoms with E-state index in [1.807, 2.05) is 17.5 Å². The molecule has 2 aromatic heterocycles. The van der Waals surface area contributed by atoms with Gasteiger partial charge in [-0.25, -0.2) is 0 Å². The first-order chi connectivity index (χ1) is 11.2. The third kappa shape index (κ3) is 4.54. The molecule has 1 aromatic carbocycles. The number of hydrogen-bond acceptors (Lipinski definition) is 6. The minimum absolute atomic E-state index is 0.0567. The fourth-order valence-corrected chi connectivity index (χ4v) is 2.59. The Morgan fingerprint density at radius 3 is 2.83 bits per heavy atom. The standard InChI is InChI=1S/C15H12ClN3O3S/c16-10-3-5-11(6-4-10)21-9-13(20)17-15-19-18-14(22-15)8-12-2-1-7-23-12/h1-7H,8-9H2,(H,17,19,20). The number of amides is 1. The Morgan fingerprint density at radius 2 is 2.09 bits per heavy atom. The summed E-state index contributed by atoms with van der Waals surface area (Å²) >= 11 is 7.38. The molecule has 3 rings (SSSR count). The maximum Gasteiger partial charge on any atom is 0.322 e. The second-order valence-corrected chi connectivity index (χ2v) is 6.02. The van der Waals surface area contributed by atoms with Gasteiger partial charge in [0.05, 0.1) is 6.42 Å². The molecule has 0 aliphatic carbocycles. The Morgan fingerprint density at radius 1 is 1.26 bits per heavy atom. The summed E-state index contributed by atoms with van der Waals surface area (Å²) in [6.07, 6.45) is 0.543. The van der Waals surface area contributed by atoms with Crippen molar-refractivity contribution in [2.75, 3.05) is 11.9 Å². The van der Waals surface area contributed by atoms with Crippen LogP contribution in [0.1, 0.15) is 10.8 Å². The highest BCUT2D eigenvalue weighted by Crippen LogP contribution is 2.16. The van der Waals surface area contributed by atoms with Crippen LogP contribution in [0.25, 0.3) is 0 Å². The number of hydrogen-bond donors (Lipinski definition) is 1. The number of halogens is 1. The number of nitrogens with zero attached hydrogens (tertiary/aromatic N) is 2. The average Bonchev–Trinajstić information content (AvgIpc) is 3.19. The zero-order chi connectivity index (χ0) is 16.1. The molecule has 0 saturated heterocycles. The van der Waals surface area contributed by atoms with Gasteiger partial charge >= 0.3 is 6.01 Å². The van der Waals surface area contributed by atoms with Gasteiger partial charge in [0.15, 0.2) is 6.61 Å². The largest absolute Gasteiger partial charge is 0.484 e. The molecule has 0 aliphatic rings.